The molecule has 6 rings (SSSR count). The van der Waals surface area contributed by atoms with Gasteiger partial charge in [0, 0.05) is 29.9 Å². The van der Waals surface area contributed by atoms with Crippen LogP contribution in [0.25, 0.3) is 27.2 Å². The molecule has 1 saturated heterocycles. The zero-order valence-corrected chi connectivity index (χ0v) is 19.2. The number of hydrogen-bond donors (Lipinski definition) is 1. The number of benzene rings is 1. The second-order valence-electron chi connectivity index (χ2n) is 8.08. The van der Waals surface area contributed by atoms with Gasteiger partial charge in [0.15, 0.2) is 5.82 Å². The first-order valence-electron chi connectivity index (χ1n) is 11.0. The van der Waals surface area contributed by atoms with E-state index in [1.54, 1.807) is 30.9 Å². The van der Waals surface area contributed by atoms with E-state index in [1.165, 1.54) is 11.3 Å². The Bertz CT molecular complexity index is 1500. The van der Waals surface area contributed by atoms with Gasteiger partial charge in [0.1, 0.15) is 11.8 Å². The summed E-state index contributed by atoms with van der Waals surface area (Å²) >= 11 is 1.52. The van der Waals surface area contributed by atoms with Crippen LogP contribution in [0.15, 0.2) is 60.5 Å². The van der Waals surface area contributed by atoms with Crippen molar-refractivity contribution in [2.75, 3.05) is 30.0 Å². The molecule has 9 nitrogen and oxygen atoms in total. The second-order valence-corrected chi connectivity index (χ2v) is 8.96. The summed E-state index contributed by atoms with van der Waals surface area (Å²) in [6.45, 7) is 4.12. The van der Waals surface area contributed by atoms with Crippen LogP contribution < -0.4 is 10.2 Å². The fourth-order valence-corrected chi connectivity index (χ4v) is 5.08. The fourth-order valence-electron chi connectivity index (χ4n) is 4.14. The van der Waals surface area contributed by atoms with Gasteiger partial charge in [-0.3, -0.25) is 14.3 Å². The maximum Gasteiger partial charge on any atom is 0.255 e. The van der Waals surface area contributed by atoms with Gasteiger partial charge in [-0.2, -0.15) is 4.98 Å². The molecule has 0 saturated carbocycles. The maximum atomic E-state index is 12.9. The van der Waals surface area contributed by atoms with Gasteiger partial charge in [-0.25, -0.2) is 9.97 Å². The van der Waals surface area contributed by atoms with Crippen LogP contribution in [0, 0.1) is 0 Å². The summed E-state index contributed by atoms with van der Waals surface area (Å²) in [5, 5.41) is 4.94. The smallest absolute Gasteiger partial charge is 0.255 e. The van der Waals surface area contributed by atoms with Crippen molar-refractivity contribution in [2.45, 2.75) is 13.0 Å². The van der Waals surface area contributed by atoms with Crippen LogP contribution in [0.2, 0.25) is 0 Å². The highest BCUT2D eigenvalue weighted by molar-refractivity contribution is 7.18. The van der Waals surface area contributed by atoms with E-state index in [0.717, 1.165) is 28.1 Å². The van der Waals surface area contributed by atoms with Crippen LogP contribution in [0.1, 0.15) is 17.3 Å². The number of nitrogens with one attached hydrogen (secondary N) is 1. The molecule has 1 amide bonds. The Morgan fingerprint density at radius 2 is 2.03 bits per heavy atom. The number of para-hydroxylation sites is 2. The lowest BCUT2D eigenvalue weighted by Gasteiger charge is -2.34. The highest BCUT2D eigenvalue weighted by atomic mass is 32.1. The zero-order valence-electron chi connectivity index (χ0n) is 18.4. The quantitative estimate of drug-likeness (QED) is 0.424. The van der Waals surface area contributed by atoms with E-state index >= 15 is 0 Å². The van der Waals surface area contributed by atoms with Crippen molar-refractivity contribution in [3.63, 3.8) is 0 Å². The number of fused-ring (bicyclic) bond motifs is 2. The number of rotatable bonds is 4. The molecule has 1 N–H and O–H groups in total. The number of pyridine rings is 1. The molecule has 1 aliphatic heterocycles. The summed E-state index contributed by atoms with van der Waals surface area (Å²) < 4.78 is 8.46. The van der Waals surface area contributed by atoms with Crippen LogP contribution in [0.3, 0.4) is 0 Å². The molecule has 1 aliphatic rings. The predicted molar refractivity (Wildman–Crippen MR) is 132 cm³/mol. The Balaban J connectivity index is 1.51. The SMILES string of the molecule is C[C@@H]1COCCN1c1nc(-n2cnc3ccccc32)nc2c(NC(=O)c3ccncc3)csc12. The van der Waals surface area contributed by atoms with Gasteiger partial charge < -0.3 is 15.0 Å². The predicted octanol–water partition coefficient (Wildman–Crippen LogP) is 3.90. The molecule has 0 bridgehead atoms. The largest absolute Gasteiger partial charge is 0.377 e. The molecule has 5 aromatic rings. The van der Waals surface area contributed by atoms with Gasteiger partial charge in [-0.05, 0) is 31.2 Å². The third-order valence-corrected chi connectivity index (χ3v) is 6.85. The Hall–Kier alpha value is -3.89. The first-order valence-corrected chi connectivity index (χ1v) is 11.8. The molecule has 5 heterocycles. The molecule has 0 unspecified atom stereocenters. The molecular formula is C24H21N7O2S. The summed E-state index contributed by atoms with van der Waals surface area (Å²) in [5.41, 5.74) is 3.66. The molecule has 4 aromatic heterocycles. The summed E-state index contributed by atoms with van der Waals surface area (Å²) in [6.07, 6.45) is 4.94. The fraction of sp³-hybridized carbons (Fsp3) is 0.208. The minimum absolute atomic E-state index is 0.163. The Labute approximate surface area is 199 Å². The van der Waals surface area contributed by atoms with Gasteiger partial charge in [-0.1, -0.05) is 12.1 Å². The summed E-state index contributed by atoms with van der Waals surface area (Å²) in [4.78, 5) is 33.5. The Morgan fingerprint density at radius 3 is 2.88 bits per heavy atom. The number of hydrogen-bond acceptors (Lipinski definition) is 8. The van der Waals surface area contributed by atoms with E-state index in [9.17, 15) is 4.79 Å². The minimum Gasteiger partial charge on any atom is -0.377 e. The number of morpholine rings is 1. The highest BCUT2D eigenvalue weighted by Crippen LogP contribution is 2.37. The standard InChI is InChI=1S/C24H21N7O2S/c1-15-12-33-11-10-30(15)22-21-20(18(13-34-21)27-23(32)16-6-8-25-9-7-16)28-24(29-22)31-14-26-17-4-2-3-5-19(17)31/h2-9,13-15H,10-12H2,1H3,(H,27,32)/t15-/m1/s1. The maximum absolute atomic E-state index is 12.9. The average Bonchev–Trinajstić information content (AvgIpc) is 3.49. The molecular weight excluding hydrogens is 450 g/mol. The highest BCUT2D eigenvalue weighted by Gasteiger charge is 2.26. The van der Waals surface area contributed by atoms with Crippen molar-refractivity contribution >= 4 is 50.0 Å². The van der Waals surface area contributed by atoms with Gasteiger partial charge in [0.05, 0.1) is 40.7 Å². The Morgan fingerprint density at radius 1 is 1.18 bits per heavy atom. The van der Waals surface area contributed by atoms with Crippen molar-refractivity contribution in [2.24, 2.45) is 0 Å². The zero-order chi connectivity index (χ0) is 23.1. The van der Waals surface area contributed by atoms with E-state index in [2.05, 4.69) is 27.1 Å². The molecule has 34 heavy (non-hydrogen) atoms. The van der Waals surface area contributed by atoms with Gasteiger partial charge >= 0.3 is 0 Å². The number of nitrogens with zero attached hydrogens (tertiary/aromatic N) is 6. The van der Waals surface area contributed by atoms with Crippen molar-refractivity contribution < 1.29 is 9.53 Å². The molecule has 0 aliphatic carbocycles. The van der Waals surface area contributed by atoms with Crippen LogP contribution in [-0.4, -0.2) is 56.2 Å². The third-order valence-electron chi connectivity index (χ3n) is 5.89. The molecule has 1 atom stereocenters. The van der Waals surface area contributed by atoms with Gasteiger partial charge in [0.2, 0.25) is 5.95 Å². The van der Waals surface area contributed by atoms with Crippen molar-refractivity contribution in [1.82, 2.24) is 24.5 Å². The third kappa shape index (κ3) is 3.57. The summed E-state index contributed by atoms with van der Waals surface area (Å²) in [6, 6.07) is 11.4. The number of thiophene rings is 1. The Kier molecular flexibility index (Phi) is 5.16. The molecule has 1 aromatic carbocycles. The number of amides is 1. The lowest BCUT2D eigenvalue weighted by atomic mass is 10.2. The van der Waals surface area contributed by atoms with E-state index < -0.39 is 0 Å². The van der Waals surface area contributed by atoms with Crippen molar-refractivity contribution in [3.05, 3.63) is 66.1 Å². The number of carbonyl (C=O) groups is 1. The van der Waals surface area contributed by atoms with E-state index in [-0.39, 0.29) is 11.9 Å². The van der Waals surface area contributed by atoms with Crippen LogP contribution in [-0.2, 0) is 4.74 Å². The average molecular weight is 472 g/mol. The molecule has 1 fully saturated rings. The summed E-state index contributed by atoms with van der Waals surface area (Å²) in [5.74, 6) is 1.13. The monoisotopic (exact) mass is 471 g/mol. The molecule has 0 spiro atoms. The van der Waals surface area contributed by atoms with Gasteiger partial charge in [-0.15, -0.1) is 11.3 Å². The number of aromatic nitrogens is 5. The number of anilines is 2. The van der Waals surface area contributed by atoms with Crippen LogP contribution in [0.5, 0.6) is 0 Å². The second kappa shape index (κ2) is 8.47. The van der Waals surface area contributed by atoms with Crippen LogP contribution in [0.4, 0.5) is 11.5 Å². The minimum atomic E-state index is -0.211. The van der Waals surface area contributed by atoms with Gasteiger partial charge in [0.25, 0.3) is 5.91 Å². The van der Waals surface area contributed by atoms with Crippen molar-refractivity contribution in [3.8, 4) is 5.95 Å². The number of imidazole rings is 1. The molecule has 10 heteroatoms. The van der Waals surface area contributed by atoms with Crippen LogP contribution >= 0.6 is 11.3 Å². The first-order chi connectivity index (χ1) is 16.7. The number of carbonyl (C=O) groups excluding carboxylic acids is 1. The summed E-state index contributed by atoms with van der Waals surface area (Å²) in [7, 11) is 0. The topological polar surface area (TPSA) is 98.1 Å². The number of ether oxygens (including phenoxy) is 1. The lowest BCUT2D eigenvalue weighted by molar-refractivity contribution is 0.0987. The normalized spacial score (nSPS) is 16.3. The van der Waals surface area contributed by atoms with E-state index in [1.807, 2.05) is 34.2 Å². The van der Waals surface area contributed by atoms with E-state index in [0.29, 0.717) is 35.9 Å². The first kappa shape index (κ1) is 20.7. The van der Waals surface area contributed by atoms with Crippen molar-refractivity contribution in [1.29, 1.82) is 0 Å². The molecule has 0 radical (unpaired) electrons. The lowest BCUT2D eigenvalue weighted by Crippen LogP contribution is -2.44. The molecule has 170 valence electrons. The van der Waals surface area contributed by atoms with E-state index in [4.69, 9.17) is 14.7 Å².